The summed E-state index contributed by atoms with van der Waals surface area (Å²) in [4.78, 5) is 13.9. The monoisotopic (exact) mass is 277 g/mol. The molecule has 2 N–H and O–H groups in total. The van der Waals surface area contributed by atoms with E-state index in [1.807, 2.05) is 24.3 Å². The lowest BCUT2D eigenvalue weighted by Gasteiger charge is -2.17. The minimum absolute atomic E-state index is 0.0180. The van der Waals surface area contributed by atoms with Crippen molar-refractivity contribution in [1.29, 1.82) is 0 Å². The summed E-state index contributed by atoms with van der Waals surface area (Å²) in [7, 11) is 0. The Morgan fingerprint density at radius 1 is 1.35 bits per heavy atom. The maximum atomic E-state index is 12.2. The van der Waals surface area contributed by atoms with Crippen LogP contribution < -0.4 is 0 Å². The molecule has 1 aromatic rings. The second kappa shape index (κ2) is 5.94. The van der Waals surface area contributed by atoms with Crippen LogP contribution in [0, 0.1) is 0 Å². The highest BCUT2D eigenvalue weighted by atomic mass is 16.3. The predicted octanol–water partition coefficient (Wildman–Crippen LogP) is 1.60. The van der Waals surface area contributed by atoms with Crippen LogP contribution in [-0.2, 0) is 6.42 Å². The Bertz CT molecular complexity index is 462. The minimum atomic E-state index is -0.666. The number of carbonyl (C=O) groups excluding carboxylic acids is 1. The molecule has 0 spiro atoms. The molecule has 0 aliphatic carbocycles. The van der Waals surface area contributed by atoms with E-state index in [2.05, 4.69) is 0 Å². The number of benzene rings is 1. The summed E-state index contributed by atoms with van der Waals surface area (Å²) in [5.41, 5.74) is 1.11. The average molecular weight is 277 g/mol. The zero-order chi connectivity index (χ0) is 14.8. The number of hydrogen-bond donors (Lipinski definition) is 2. The van der Waals surface area contributed by atoms with Gasteiger partial charge in [0.15, 0.2) is 0 Å². The molecule has 4 nitrogen and oxygen atoms in total. The highest BCUT2D eigenvalue weighted by molar-refractivity contribution is 5.94. The first-order valence-corrected chi connectivity index (χ1v) is 7.14. The molecule has 0 bridgehead atoms. The molecule has 1 aliphatic heterocycles. The van der Waals surface area contributed by atoms with E-state index in [1.165, 1.54) is 0 Å². The average Bonchev–Trinajstić information content (AvgIpc) is 2.82. The third-order valence-electron chi connectivity index (χ3n) is 3.68. The molecule has 110 valence electrons. The lowest BCUT2D eigenvalue weighted by atomic mass is 9.98. The highest BCUT2D eigenvalue weighted by Gasteiger charge is 2.25. The van der Waals surface area contributed by atoms with Gasteiger partial charge in [0.25, 0.3) is 5.91 Å². The molecule has 0 radical (unpaired) electrons. The lowest BCUT2D eigenvalue weighted by Crippen LogP contribution is -2.29. The highest BCUT2D eigenvalue weighted by Crippen LogP contribution is 2.16. The maximum Gasteiger partial charge on any atom is 0.253 e. The van der Waals surface area contributed by atoms with Gasteiger partial charge < -0.3 is 15.1 Å². The maximum absolute atomic E-state index is 12.2. The summed E-state index contributed by atoms with van der Waals surface area (Å²) >= 11 is 0. The number of likely N-dealkylation sites (tertiary alicyclic amines) is 1. The molecule has 1 saturated heterocycles. The van der Waals surface area contributed by atoms with Crippen molar-refractivity contribution in [2.75, 3.05) is 13.1 Å². The minimum Gasteiger partial charge on any atom is -0.391 e. The van der Waals surface area contributed by atoms with Gasteiger partial charge in [0.1, 0.15) is 0 Å². The zero-order valence-electron chi connectivity index (χ0n) is 12.2. The summed E-state index contributed by atoms with van der Waals surface area (Å²) in [5.74, 6) is -0.0180. The van der Waals surface area contributed by atoms with Crippen molar-refractivity contribution in [3.8, 4) is 0 Å². The molecule has 4 heteroatoms. The first-order valence-electron chi connectivity index (χ1n) is 7.14. The van der Waals surface area contributed by atoms with Gasteiger partial charge in [-0.05, 0) is 50.8 Å². The number of aliphatic hydroxyl groups excluding tert-OH is 1. The normalized spacial score (nSPS) is 19.4. The van der Waals surface area contributed by atoms with Crippen LogP contribution in [0.15, 0.2) is 24.3 Å². The summed E-state index contributed by atoms with van der Waals surface area (Å²) in [5, 5.41) is 19.2. The number of β-amino-alcohol motifs (C(OH)–C–C–N with tert-alkyl or cyclic N) is 1. The van der Waals surface area contributed by atoms with Crippen LogP contribution in [-0.4, -0.2) is 45.8 Å². The molecule has 1 atom stereocenters. The largest absolute Gasteiger partial charge is 0.391 e. The van der Waals surface area contributed by atoms with Gasteiger partial charge in [-0.15, -0.1) is 0 Å². The van der Waals surface area contributed by atoms with Crippen molar-refractivity contribution in [1.82, 2.24) is 4.90 Å². The van der Waals surface area contributed by atoms with Gasteiger partial charge in [-0.1, -0.05) is 12.1 Å². The van der Waals surface area contributed by atoms with E-state index in [4.69, 9.17) is 0 Å². The zero-order valence-corrected chi connectivity index (χ0v) is 12.2. The molecule has 0 unspecified atom stereocenters. The molecule has 1 heterocycles. The smallest absolute Gasteiger partial charge is 0.253 e. The molecule has 2 rings (SSSR count). The Labute approximate surface area is 120 Å². The topological polar surface area (TPSA) is 60.8 Å². The van der Waals surface area contributed by atoms with Gasteiger partial charge in [-0.2, -0.15) is 0 Å². The van der Waals surface area contributed by atoms with Crippen molar-refractivity contribution in [2.24, 2.45) is 0 Å². The van der Waals surface area contributed by atoms with Gasteiger partial charge >= 0.3 is 0 Å². The Hall–Kier alpha value is -1.39. The molecule has 1 aliphatic rings. The molecule has 20 heavy (non-hydrogen) atoms. The number of rotatable bonds is 4. The molecular formula is C16H23NO3. The standard InChI is InChI=1S/C16H23NO3/c1-16(2,20)9-7-12-3-5-13(6-4-12)15(19)17-10-8-14(18)11-17/h3-6,14,18,20H,7-11H2,1-2H3/t14-/m0/s1. The fraction of sp³-hybridized carbons (Fsp3) is 0.562. The SMILES string of the molecule is CC(C)(O)CCc1ccc(C(=O)N2CC[C@H](O)C2)cc1. The second-order valence-electron chi connectivity index (χ2n) is 6.20. The summed E-state index contributed by atoms with van der Waals surface area (Å²) in [6.07, 6.45) is 1.76. The van der Waals surface area contributed by atoms with Gasteiger partial charge in [-0.25, -0.2) is 0 Å². The van der Waals surface area contributed by atoms with E-state index in [0.717, 1.165) is 12.0 Å². The molecule has 1 aromatic carbocycles. The summed E-state index contributed by atoms with van der Waals surface area (Å²) < 4.78 is 0. The molecular weight excluding hydrogens is 254 g/mol. The van der Waals surface area contributed by atoms with Crippen LogP contribution in [0.2, 0.25) is 0 Å². The van der Waals surface area contributed by atoms with Gasteiger partial charge in [-0.3, -0.25) is 4.79 Å². The summed E-state index contributed by atoms with van der Waals surface area (Å²) in [6, 6.07) is 7.52. The Morgan fingerprint density at radius 3 is 2.50 bits per heavy atom. The molecule has 1 fully saturated rings. The first kappa shape index (κ1) is 15.0. The van der Waals surface area contributed by atoms with Crippen LogP contribution in [0.1, 0.15) is 42.6 Å². The molecule has 0 aromatic heterocycles. The van der Waals surface area contributed by atoms with E-state index in [1.54, 1.807) is 18.7 Å². The van der Waals surface area contributed by atoms with E-state index < -0.39 is 5.60 Å². The molecule has 1 amide bonds. The van der Waals surface area contributed by atoms with E-state index in [9.17, 15) is 15.0 Å². The van der Waals surface area contributed by atoms with Gasteiger partial charge in [0, 0.05) is 18.7 Å². The fourth-order valence-electron chi connectivity index (χ4n) is 2.37. The molecule has 0 saturated carbocycles. The van der Waals surface area contributed by atoms with Crippen LogP contribution >= 0.6 is 0 Å². The second-order valence-corrected chi connectivity index (χ2v) is 6.20. The Kier molecular flexibility index (Phi) is 4.45. The quantitative estimate of drug-likeness (QED) is 0.878. The lowest BCUT2D eigenvalue weighted by molar-refractivity contribution is 0.0712. The van der Waals surface area contributed by atoms with E-state index in [0.29, 0.717) is 31.5 Å². The Balaban J connectivity index is 1.96. The van der Waals surface area contributed by atoms with Crippen LogP contribution in [0.25, 0.3) is 0 Å². The van der Waals surface area contributed by atoms with Crippen LogP contribution in [0.4, 0.5) is 0 Å². The number of carbonyl (C=O) groups is 1. The Morgan fingerprint density at radius 2 is 2.00 bits per heavy atom. The number of amides is 1. The van der Waals surface area contributed by atoms with Crippen molar-refractivity contribution >= 4 is 5.91 Å². The third kappa shape index (κ3) is 4.05. The number of aliphatic hydroxyl groups is 2. The fourth-order valence-corrected chi connectivity index (χ4v) is 2.37. The van der Waals surface area contributed by atoms with Gasteiger partial charge in [0.05, 0.1) is 11.7 Å². The first-order chi connectivity index (χ1) is 9.35. The third-order valence-corrected chi connectivity index (χ3v) is 3.68. The van der Waals surface area contributed by atoms with Crippen LogP contribution in [0.5, 0.6) is 0 Å². The summed E-state index contributed by atoms with van der Waals surface area (Å²) in [6.45, 7) is 4.65. The number of aryl methyl sites for hydroxylation is 1. The number of hydrogen-bond acceptors (Lipinski definition) is 3. The predicted molar refractivity (Wildman–Crippen MR) is 77.6 cm³/mol. The van der Waals surface area contributed by atoms with Crippen molar-refractivity contribution in [2.45, 2.75) is 44.8 Å². The van der Waals surface area contributed by atoms with E-state index in [-0.39, 0.29) is 12.0 Å². The van der Waals surface area contributed by atoms with Gasteiger partial charge in [0.2, 0.25) is 0 Å². The van der Waals surface area contributed by atoms with Crippen molar-refractivity contribution in [3.63, 3.8) is 0 Å². The van der Waals surface area contributed by atoms with Crippen molar-refractivity contribution < 1.29 is 15.0 Å². The van der Waals surface area contributed by atoms with Crippen molar-refractivity contribution in [3.05, 3.63) is 35.4 Å². The van der Waals surface area contributed by atoms with E-state index >= 15 is 0 Å². The number of nitrogens with zero attached hydrogens (tertiary/aromatic N) is 1. The van der Waals surface area contributed by atoms with Crippen LogP contribution in [0.3, 0.4) is 0 Å².